The smallest absolute Gasteiger partial charge is 0.163 e. The van der Waals surface area contributed by atoms with Crippen molar-refractivity contribution in [1.82, 2.24) is 0 Å². The summed E-state index contributed by atoms with van der Waals surface area (Å²) in [6, 6.07) is 4.40. The molecule has 2 aliphatic rings. The van der Waals surface area contributed by atoms with E-state index >= 15 is 0 Å². The van der Waals surface area contributed by atoms with Gasteiger partial charge in [-0.15, -0.1) is 5.54 Å². The van der Waals surface area contributed by atoms with Crippen molar-refractivity contribution in [3.8, 4) is 11.5 Å². The van der Waals surface area contributed by atoms with Crippen LogP contribution in [0.3, 0.4) is 0 Å². The van der Waals surface area contributed by atoms with E-state index in [1.807, 2.05) is 0 Å². The predicted molar refractivity (Wildman–Crippen MR) is 90.8 cm³/mol. The highest BCUT2D eigenvalue weighted by molar-refractivity contribution is 6.64. The number of fused-ring (bicyclic) bond motifs is 1. The third kappa shape index (κ3) is 2.85. The molecule has 0 aliphatic heterocycles. The minimum Gasteiger partial charge on any atom is -0.294 e. The topological polar surface area (TPSA) is 17.1 Å². The lowest BCUT2D eigenvalue weighted by Crippen LogP contribution is -2.28. The molecule has 0 radical (unpaired) electrons. The Balaban J connectivity index is 2.18. The van der Waals surface area contributed by atoms with Crippen LogP contribution in [-0.4, -0.2) is 14.6 Å². The van der Waals surface area contributed by atoms with Crippen LogP contribution < -0.4 is 0 Å². The van der Waals surface area contributed by atoms with Crippen molar-refractivity contribution < 1.29 is 4.79 Å². The summed E-state index contributed by atoms with van der Waals surface area (Å²) in [7, 11) is -0.869. The molecule has 2 aliphatic carbocycles. The van der Waals surface area contributed by atoms with Crippen molar-refractivity contribution in [2.24, 2.45) is 0 Å². The van der Waals surface area contributed by atoms with E-state index in [0.29, 0.717) is 18.1 Å². The van der Waals surface area contributed by atoms with Crippen LogP contribution in [0.4, 0.5) is 0 Å². The lowest BCUT2D eigenvalue weighted by molar-refractivity contribution is 0.0955. The lowest BCUT2D eigenvalue weighted by atomic mass is 9.70. The van der Waals surface area contributed by atoms with Crippen LogP contribution in [0.2, 0.25) is 13.1 Å². The summed E-state index contributed by atoms with van der Waals surface area (Å²) in [5, 5.41) is 0. The van der Waals surface area contributed by atoms with Crippen molar-refractivity contribution in [3.63, 3.8) is 0 Å². The Hall–Kier alpha value is -1.33. The number of Topliss-reactive ketones (excluding diaryl/α,β-unsaturated/α-hetero) is 1. The second kappa shape index (κ2) is 5.14. The molecular weight excluding hydrogens is 272 g/mol. The lowest BCUT2D eigenvalue weighted by Gasteiger charge is -2.33. The molecule has 110 valence electrons. The van der Waals surface area contributed by atoms with Crippen LogP contribution in [-0.2, 0) is 5.41 Å². The maximum Gasteiger partial charge on any atom is 0.163 e. The third-order valence-electron chi connectivity index (χ3n) is 4.68. The van der Waals surface area contributed by atoms with Gasteiger partial charge >= 0.3 is 0 Å². The van der Waals surface area contributed by atoms with Gasteiger partial charge in [0.2, 0.25) is 0 Å². The van der Waals surface area contributed by atoms with Gasteiger partial charge in [-0.3, -0.25) is 4.79 Å². The van der Waals surface area contributed by atoms with Crippen LogP contribution in [0.1, 0.15) is 72.5 Å². The largest absolute Gasteiger partial charge is 0.294 e. The Kier molecular flexibility index (Phi) is 3.57. The zero-order chi connectivity index (χ0) is 15.2. The molecule has 0 saturated heterocycles. The van der Waals surface area contributed by atoms with Gasteiger partial charge in [-0.25, -0.2) is 0 Å². The van der Waals surface area contributed by atoms with E-state index < -0.39 is 8.80 Å². The SMILES string of the molecule is C[SiH](C)C#Cc1cc(C2CC2)c2c(c1)C(C)(C)CCC2=O. The Bertz CT molecular complexity index is 654. The van der Waals surface area contributed by atoms with E-state index in [2.05, 4.69) is 50.5 Å². The maximum absolute atomic E-state index is 12.5. The fraction of sp³-hybridized carbons (Fsp3) is 0.526. The van der Waals surface area contributed by atoms with Gasteiger partial charge in [0.15, 0.2) is 5.78 Å². The fourth-order valence-corrected chi connectivity index (χ4v) is 3.67. The molecule has 0 N–H and O–H groups in total. The number of rotatable bonds is 1. The number of carbonyl (C=O) groups is 1. The van der Waals surface area contributed by atoms with Gasteiger partial charge in [0.1, 0.15) is 8.80 Å². The van der Waals surface area contributed by atoms with Gasteiger partial charge in [-0.05, 0) is 53.9 Å². The van der Waals surface area contributed by atoms with Crippen LogP contribution in [0, 0.1) is 11.5 Å². The molecule has 2 heteroatoms. The number of hydrogen-bond donors (Lipinski definition) is 0. The highest BCUT2D eigenvalue weighted by Gasteiger charge is 2.37. The summed E-state index contributed by atoms with van der Waals surface area (Å²) in [5.41, 5.74) is 8.20. The van der Waals surface area contributed by atoms with E-state index in [1.54, 1.807) is 0 Å². The van der Waals surface area contributed by atoms with Gasteiger partial charge in [-0.2, -0.15) is 0 Å². The second-order valence-electron chi connectivity index (χ2n) is 7.49. The fourth-order valence-electron chi connectivity index (χ4n) is 3.21. The van der Waals surface area contributed by atoms with Crippen LogP contribution in [0.15, 0.2) is 12.1 Å². The molecule has 0 heterocycles. The molecule has 1 fully saturated rings. The molecule has 0 atom stereocenters. The minimum atomic E-state index is -0.869. The van der Waals surface area contributed by atoms with Crippen molar-refractivity contribution in [2.45, 2.75) is 64.0 Å². The standard InChI is InChI=1S/C19H24OSi/c1-19(2)9-7-17(20)18-15(14-5-6-14)11-13(12-16(18)19)8-10-21(3)4/h11-12,14,21H,5-7,9H2,1-4H3. The summed E-state index contributed by atoms with van der Waals surface area (Å²) in [6.45, 7) is 9.04. The molecule has 0 spiro atoms. The Labute approximate surface area is 129 Å². The van der Waals surface area contributed by atoms with Crippen LogP contribution in [0.5, 0.6) is 0 Å². The monoisotopic (exact) mass is 296 g/mol. The summed E-state index contributed by atoms with van der Waals surface area (Å²) in [6.07, 6.45) is 4.12. The first-order valence-corrected chi connectivity index (χ1v) is 11.0. The van der Waals surface area contributed by atoms with Crippen LogP contribution >= 0.6 is 0 Å². The van der Waals surface area contributed by atoms with E-state index in [1.165, 1.54) is 24.0 Å². The highest BCUT2D eigenvalue weighted by Crippen LogP contribution is 2.47. The van der Waals surface area contributed by atoms with Crippen molar-refractivity contribution in [3.05, 3.63) is 34.4 Å². The van der Waals surface area contributed by atoms with E-state index in [0.717, 1.165) is 17.5 Å². The van der Waals surface area contributed by atoms with Gasteiger partial charge < -0.3 is 0 Å². The summed E-state index contributed by atoms with van der Waals surface area (Å²) in [5.74, 6) is 4.33. The summed E-state index contributed by atoms with van der Waals surface area (Å²) in [4.78, 5) is 12.5. The van der Waals surface area contributed by atoms with Crippen LogP contribution in [0.25, 0.3) is 0 Å². The minimum absolute atomic E-state index is 0.0971. The molecule has 1 saturated carbocycles. The van der Waals surface area contributed by atoms with E-state index in [4.69, 9.17) is 0 Å². The number of hydrogen-bond acceptors (Lipinski definition) is 1. The Morgan fingerprint density at radius 2 is 1.95 bits per heavy atom. The molecule has 1 nitrogen and oxygen atoms in total. The normalized spacial score (nSPS) is 20.0. The first-order valence-electron chi connectivity index (χ1n) is 8.11. The maximum atomic E-state index is 12.5. The van der Waals surface area contributed by atoms with Gasteiger partial charge in [0.05, 0.1) is 0 Å². The molecule has 1 aromatic rings. The second-order valence-corrected chi connectivity index (χ2v) is 10.1. The molecule has 0 bridgehead atoms. The van der Waals surface area contributed by atoms with Gasteiger partial charge in [0.25, 0.3) is 0 Å². The molecule has 3 rings (SSSR count). The quantitative estimate of drug-likeness (QED) is 0.561. The molecule has 1 aromatic carbocycles. The summed E-state index contributed by atoms with van der Waals surface area (Å²) >= 11 is 0. The predicted octanol–water partition coefficient (Wildman–Crippen LogP) is 4.20. The van der Waals surface area contributed by atoms with E-state index in [-0.39, 0.29) is 5.41 Å². The number of ketones is 1. The average molecular weight is 296 g/mol. The Morgan fingerprint density at radius 1 is 1.24 bits per heavy atom. The number of benzene rings is 1. The average Bonchev–Trinajstić information content (AvgIpc) is 3.25. The molecular formula is C19H24OSi. The van der Waals surface area contributed by atoms with Crippen molar-refractivity contribution in [1.29, 1.82) is 0 Å². The molecule has 0 amide bonds. The third-order valence-corrected chi connectivity index (χ3v) is 5.40. The summed E-state index contributed by atoms with van der Waals surface area (Å²) < 4.78 is 0. The first kappa shape index (κ1) is 14.6. The first-order chi connectivity index (χ1) is 9.88. The molecule has 0 aromatic heterocycles. The molecule has 21 heavy (non-hydrogen) atoms. The molecule has 0 unspecified atom stereocenters. The zero-order valence-electron chi connectivity index (χ0n) is 13.5. The Morgan fingerprint density at radius 3 is 2.57 bits per heavy atom. The van der Waals surface area contributed by atoms with Crippen molar-refractivity contribution >= 4 is 14.6 Å². The highest BCUT2D eigenvalue weighted by atomic mass is 28.3. The van der Waals surface area contributed by atoms with Gasteiger partial charge in [0, 0.05) is 17.5 Å². The van der Waals surface area contributed by atoms with E-state index in [9.17, 15) is 4.79 Å². The zero-order valence-corrected chi connectivity index (χ0v) is 14.7. The van der Waals surface area contributed by atoms with Crippen molar-refractivity contribution in [2.75, 3.05) is 0 Å². The number of carbonyl (C=O) groups excluding carboxylic acids is 1. The van der Waals surface area contributed by atoms with Gasteiger partial charge in [-0.1, -0.05) is 32.9 Å².